The first-order valence-electron chi connectivity index (χ1n) is 6.50. The third kappa shape index (κ3) is 2.09. The molecule has 2 rings (SSSR count). The Morgan fingerprint density at radius 2 is 2.22 bits per heavy atom. The molecule has 98 valence electrons. The van der Waals surface area contributed by atoms with E-state index in [0.29, 0.717) is 5.92 Å². The van der Waals surface area contributed by atoms with Gasteiger partial charge in [0, 0.05) is 0 Å². The summed E-state index contributed by atoms with van der Waals surface area (Å²) in [5, 5.41) is 9.55. The number of benzene rings is 1. The Bertz CT molecular complexity index is 433. The van der Waals surface area contributed by atoms with Crippen LogP contribution in [0.3, 0.4) is 0 Å². The Hall–Kier alpha value is -1.51. The van der Waals surface area contributed by atoms with E-state index in [-0.39, 0.29) is 0 Å². The minimum atomic E-state index is -0.705. The second-order valence-electron chi connectivity index (χ2n) is 5.18. The Balaban J connectivity index is 2.24. The number of carbonyl (C=O) groups is 1. The molecule has 0 heterocycles. The largest absolute Gasteiger partial charge is 0.497 e. The quantitative estimate of drug-likeness (QED) is 0.870. The Morgan fingerprint density at radius 3 is 2.78 bits per heavy atom. The summed E-state index contributed by atoms with van der Waals surface area (Å²) in [6.07, 6.45) is 3.75. The van der Waals surface area contributed by atoms with Crippen LogP contribution in [-0.2, 0) is 10.2 Å². The molecule has 1 aliphatic carbocycles. The highest BCUT2D eigenvalue weighted by atomic mass is 16.5. The monoisotopic (exact) mass is 248 g/mol. The van der Waals surface area contributed by atoms with Crippen molar-refractivity contribution in [3.63, 3.8) is 0 Å². The summed E-state index contributed by atoms with van der Waals surface area (Å²) in [5.74, 6) is 0.576. The maximum atomic E-state index is 11.6. The van der Waals surface area contributed by atoms with E-state index in [1.807, 2.05) is 24.3 Å². The summed E-state index contributed by atoms with van der Waals surface area (Å²) in [6.45, 7) is 2.15. The summed E-state index contributed by atoms with van der Waals surface area (Å²) >= 11 is 0. The number of rotatable bonds is 5. The fourth-order valence-corrected chi connectivity index (χ4v) is 2.99. The zero-order valence-electron chi connectivity index (χ0n) is 11.0. The first-order chi connectivity index (χ1) is 8.62. The minimum Gasteiger partial charge on any atom is -0.497 e. The van der Waals surface area contributed by atoms with Gasteiger partial charge in [0.2, 0.25) is 0 Å². The highest BCUT2D eigenvalue weighted by Gasteiger charge is 2.51. The number of carboxylic acids is 1. The summed E-state index contributed by atoms with van der Waals surface area (Å²) in [5.41, 5.74) is 0.190. The lowest BCUT2D eigenvalue weighted by molar-refractivity contribution is -0.150. The Labute approximate surface area is 108 Å². The topological polar surface area (TPSA) is 46.5 Å². The van der Waals surface area contributed by atoms with Crippen molar-refractivity contribution in [3.05, 3.63) is 29.8 Å². The van der Waals surface area contributed by atoms with Gasteiger partial charge < -0.3 is 9.84 Å². The summed E-state index contributed by atoms with van der Waals surface area (Å²) in [6, 6.07) is 7.47. The third-order valence-electron chi connectivity index (χ3n) is 4.00. The minimum absolute atomic E-state index is 0.553. The van der Waals surface area contributed by atoms with Crippen LogP contribution in [-0.4, -0.2) is 18.2 Å². The molecular formula is C15H20O3. The van der Waals surface area contributed by atoms with Crippen LogP contribution in [0.25, 0.3) is 0 Å². The fraction of sp³-hybridized carbons (Fsp3) is 0.533. The smallest absolute Gasteiger partial charge is 0.314 e. The average Bonchev–Trinajstić information content (AvgIpc) is 2.32. The van der Waals surface area contributed by atoms with Crippen molar-refractivity contribution >= 4 is 5.97 Å². The van der Waals surface area contributed by atoms with Crippen LogP contribution < -0.4 is 4.74 Å². The van der Waals surface area contributed by atoms with Crippen molar-refractivity contribution in [1.29, 1.82) is 0 Å². The van der Waals surface area contributed by atoms with Gasteiger partial charge in [0.05, 0.1) is 12.5 Å². The van der Waals surface area contributed by atoms with Gasteiger partial charge >= 0.3 is 5.97 Å². The predicted molar refractivity (Wildman–Crippen MR) is 69.9 cm³/mol. The fourth-order valence-electron chi connectivity index (χ4n) is 2.99. The zero-order chi connectivity index (χ0) is 13.2. The number of methoxy groups -OCH3 is 1. The molecule has 1 aliphatic rings. The lowest BCUT2D eigenvalue weighted by Crippen LogP contribution is -2.47. The van der Waals surface area contributed by atoms with Crippen LogP contribution in [0.15, 0.2) is 24.3 Å². The van der Waals surface area contributed by atoms with Gasteiger partial charge in [-0.2, -0.15) is 0 Å². The van der Waals surface area contributed by atoms with Gasteiger partial charge in [-0.05, 0) is 36.5 Å². The van der Waals surface area contributed by atoms with E-state index in [9.17, 15) is 9.90 Å². The van der Waals surface area contributed by atoms with Gasteiger partial charge in [0.1, 0.15) is 5.75 Å². The van der Waals surface area contributed by atoms with Crippen molar-refractivity contribution in [2.75, 3.05) is 7.11 Å². The van der Waals surface area contributed by atoms with Crippen LogP contribution in [0.4, 0.5) is 0 Å². The highest BCUT2D eigenvalue weighted by molar-refractivity contribution is 5.83. The second kappa shape index (κ2) is 5.01. The molecule has 0 radical (unpaired) electrons. The van der Waals surface area contributed by atoms with Gasteiger partial charge in [0.15, 0.2) is 0 Å². The molecular weight excluding hydrogens is 228 g/mol. The van der Waals surface area contributed by atoms with E-state index < -0.39 is 11.4 Å². The molecule has 3 heteroatoms. The number of aliphatic carboxylic acids is 1. The molecule has 0 spiro atoms. The highest BCUT2D eigenvalue weighted by Crippen LogP contribution is 2.50. The van der Waals surface area contributed by atoms with Crippen LogP contribution in [0, 0.1) is 5.92 Å². The molecule has 0 saturated heterocycles. The number of hydrogen-bond acceptors (Lipinski definition) is 2. The Morgan fingerprint density at radius 1 is 1.50 bits per heavy atom. The van der Waals surface area contributed by atoms with Gasteiger partial charge in [-0.25, -0.2) is 0 Å². The molecule has 3 nitrogen and oxygen atoms in total. The first kappa shape index (κ1) is 12.9. The van der Waals surface area contributed by atoms with Crippen LogP contribution in [0.2, 0.25) is 0 Å². The third-order valence-corrected chi connectivity index (χ3v) is 4.00. The van der Waals surface area contributed by atoms with Crippen LogP contribution >= 0.6 is 0 Å². The SMILES string of the molecule is CCCC1CC(C(=O)O)(c2cccc(OC)c2)C1. The first-order valence-corrected chi connectivity index (χ1v) is 6.50. The Kier molecular flexibility index (Phi) is 3.60. The molecule has 1 aromatic rings. The molecule has 0 aromatic heterocycles. The van der Waals surface area contributed by atoms with Crippen LogP contribution in [0.1, 0.15) is 38.2 Å². The second-order valence-corrected chi connectivity index (χ2v) is 5.18. The van der Waals surface area contributed by atoms with E-state index in [0.717, 1.165) is 37.0 Å². The van der Waals surface area contributed by atoms with E-state index in [1.165, 1.54) is 0 Å². The van der Waals surface area contributed by atoms with E-state index in [2.05, 4.69) is 6.92 Å². The van der Waals surface area contributed by atoms with Crippen molar-refractivity contribution < 1.29 is 14.6 Å². The van der Waals surface area contributed by atoms with Crippen molar-refractivity contribution in [1.82, 2.24) is 0 Å². The van der Waals surface area contributed by atoms with Crippen molar-refractivity contribution in [2.24, 2.45) is 5.92 Å². The number of ether oxygens (including phenoxy) is 1. The average molecular weight is 248 g/mol. The molecule has 1 saturated carbocycles. The zero-order valence-corrected chi connectivity index (χ0v) is 11.0. The van der Waals surface area contributed by atoms with Crippen LogP contribution in [0.5, 0.6) is 5.75 Å². The molecule has 0 amide bonds. The van der Waals surface area contributed by atoms with Gasteiger partial charge in [-0.1, -0.05) is 31.9 Å². The number of hydrogen-bond donors (Lipinski definition) is 1. The maximum Gasteiger partial charge on any atom is 0.314 e. The summed E-state index contributed by atoms with van der Waals surface area (Å²) in [4.78, 5) is 11.6. The van der Waals surface area contributed by atoms with Gasteiger partial charge in [-0.3, -0.25) is 4.79 Å². The standard InChI is InChI=1S/C15H20O3/c1-3-5-11-9-15(10-11,14(16)17)12-6-4-7-13(8-12)18-2/h4,6-8,11H,3,5,9-10H2,1-2H3,(H,16,17). The molecule has 0 bridgehead atoms. The van der Waals surface area contributed by atoms with Crippen molar-refractivity contribution in [2.45, 2.75) is 38.0 Å². The maximum absolute atomic E-state index is 11.6. The van der Waals surface area contributed by atoms with E-state index in [1.54, 1.807) is 7.11 Å². The number of carboxylic acid groups (broad SMARTS) is 1. The lowest BCUT2D eigenvalue weighted by atomic mass is 9.57. The molecule has 0 atom stereocenters. The van der Waals surface area contributed by atoms with Crippen molar-refractivity contribution in [3.8, 4) is 5.75 Å². The van der Waals surface area contributed by atoms with Gasteiger partial charge in [0.25, 0.3) is 0 Å². The molecule has 0 aliphatic heterocycles. The van der Waals surface area contributed by atoms with Gasteiger partial charge in [-0.15, -0.1) is 0 Å². The van der Waals surface area contributed by atoms with E-state index in [4.69, 9.17) is 4.74 Å². The molecule has 1 aromatic carbocycles. The summed E-state index contributed by atoms with van der Waals surface area (Å²) in [7, 11) is 1.60. The molecule has 1 fully saturated rings. The van der Waals surface area contributed by atoms with E-state index >= 15 is 0 Å². The molecule has 18 heavy (non-hydrogen) atoms. The lowest BCUT2D eigenvalue weighted by Gasteiger charge is -2.45. The molecule has 0 unspecified atom stereocenters. The predicted octanol–water partition coefficient (Wildman–Crippen LogP) is 3.23. The normalized spacial score (nSPS) is 26.4. The molecule has 1 N–H and O–H groups in total. The summed E-state index contributed by atoms with van der Waals surface area (Å²) < 4.78 is 5.18.